The van der Waals surface area contributed by atoms with E-state index in [2.05, 4.69) is 5.32 Å². The number of nitrogens with zero attached hydrogens (tertiary/aromatic N) is 1. The zero-order valence-corrected chi connectivity index (χ0v) is 11.0. The highest BCUT2D eigenvalue weighted by atomic mass is 16.3. The number of carbonyl (C=O) groups excluding carboxylic acids is 1. The molecule has 1 aromatic carbocycles. The molecular formula is C14H18N2O2. The molecule has 1 N–H and O–H groups in total. The number of aryl methyl sites for hydroxylation is 1. The summed E-state index contributed by atoms with van der Waals surface area (Å²) in [5, 5.41) is 3.99. The van der Waals surface area contributed by atoms with E-state index in [0.717, 1.165) is 23.1 Å². The van der Waals surface area contributed by atoms with Crippen LogP contribution < -0.4 is 5.32 Å². The van der Waals surface area contributed by atoms with Gasteiger partial charge in [0.2, 0.25) is 0 Å². The van der Waals surface area contributed by atoms with E-state index in [1.165, 1.54) is 0 Å². The van der Waals surface area contributed by atoms with Gasteiger partial charge in [-0.1, -0.05) is 18.2 Å². The highest BCUT2D eigenvalue weighted by Gasteiger charge is 2.16. The largest absolute Gasteiger partial charge is 0.451 e. The van der Waals surface area contributed by atoms with Crippen LogP contribution in [0.3, 0.4) is 0 Å². The molecule has 0 saturated heterocycles. The maximum atomic E-state index is 12.1. The highest BCUT2D eigenvalue weighted by Crippen LogP contribution is 2.23. The van der Waals surface area contributed by atoms with E-state index in [0.29, 0.717) is 12.3 Å². The highest BCUT2D eigenvalue weighted by molar-refractivity contribution is 5.96. The molecule has 0 aliphatic carbocycles. The first kappa shape index (κ1) is 12.6. The van der Waals surface area contributed by atoms with E-state index in [4.69, 9.17) is 4.42 Å². The van der Waals surface area contributed by atoms with Crippen molar-refractivity contribution in [3.05, 3.63) is 35.6 Å². The summed E-state index contributed by atoms with van der Waals surface area (Å²) in [4.78, 5) is 13.8. The number of likely N-dealkylation sites (N-methyl/N-ethyl adjacent to an activating group) is 2. The molecule has 1 aromatic heterocycles. The lowest BCUT2D eigenvalue weighted by Crippen LogP contribution is -2.32. The van der Waals surface area contributed by atoms with Crippen LogP contribution in [0.1, 0.15) is 16.1 Å². The molecule has 2 aromatic rings. The molecule has 0 unspecified atom stereocenters. The topological polar surface area (TPSA) is 45.5 Å². The molecule has 0 spiro atoms. The first-order chi connectivity index (χ1) is 8.63. The Labute approximate surface area is 107 Å². The van der Waals surface area contributed by atoms with E-state index in [1.54, 1.807) is 18.0 Å². The maximum absolute atomic E-state index is 12.1. The number of furan rings is 1. The van der Waals surface area contributed by atoms with Crippen molar-refractivity contribution in [1.29, 1.82) is 0 Å². The van der Waals surface area contributed by atoms with Crippen molar-refractivity contribution in [3.63, 3.8) is 0 Å². The monoisotopic (exact) mass is 246 g/mol. The molecule has 2 rings (SSSR count). The summed E-state index contributed by atoms with van der Waals surface area (Å²) in [7, 11) is 3.64. The Morgan fingerprint density at radius 2 is 2.22 bits per heavy atom. The summed E-state index contributed by atoms with van der Waals surface area (Å²) in [5.41, 5.74) is 1.84. The Hall–Kier alpha value is -1.81. The summed E-state index contributed by atoms with van der Waals surface area (Å²) < 4.78 is 5.65. The Balaban J connectivity index is 2.25. The number of amides is 1. The summed E-state index contributed by atoms with van der Waals surface area (Å²) in [6, 6.07) is 7.70. The van der Waals surface area contributed by atoms with Gasteiger partial charge in [-0.05, 0) is 25.6 Å². The molecule has 0 bridgehead atoms. The van der Waals surface area contributed by atoms with Crippen LogP contribution in [0.2, 0.25) is 0 Å². The van der Waals surface area contributed by atoms with Crippen molar-refractivity contribution in [3.8, 4) is 0 Å². The molecule has 18 heavy (non-hydrogen) atoms. The van der Waals surface area contributed by atoms with Gasteiger partial charge in [-0.2, -0.15) is 0 Å². The molecule has 1 amide bonds. The molecular weight excluding hydrogens is 228 g/mol. The minimum Gasteiger partial charge on any atom is -0.451 e. The second kappa shape index (κ2) is 5.23. The van der Waals surface area contributed by atoms with E-state index in [9.17, 15) is 4.79 Å². The van der Waals surface area contributed by atoms with Crippen LogP contribution in [0.15, 0.2) is 28.7 Å². The second-order valence-corrected chi connectivity index (χ2v) is 4.43. The average molecular weight is 246 g/mol. The smallest absolute Gasteiger partial charge is 0.289 e. The van der Waals surface area contributed by atoms with Crippen molar-refractivity contribution in [2.24, 2.45) is 0 Å². The van der Waals surface area contributed by atoms with E-state index >= 15 is 0 Å². The normalized spacial score (nSPS) is 10.8. The fourth-order valence-electron chi connectivity index (χ4n) is 1.88. The summed E-state index contributed by atoms with van der Waals surface area (Å²) >= 11 is 0. The first-order valence-corrected chi connectivity index (χ1v) is 6.02. The minimum absolute atomic E-state index is 0.0825. The average Bonchev–Trinajstić information content (AvgIpc) is 2.80. The van der Waals surface area contributed by atoms with Crippen molar-refractivity contribution >= 4 is 16.9 Å². The molecule has 0 radical (unpaired) electrons. The molecule has 0 aliphatic rings. The van der Waals surface area contributed by atoms with E-state index in [-0.39, 0.29) is 5.91 Å². The van der Waals surface area contributed by atoms with Crippen LogP contribution in [0.25, 0.3) is 11.0 Å². The number of fused-ring (bicyclic) bond motifs is 1. The lowest BCUT2D eigenvalue weighted by atomic mass is 10.2. The maximum Gasteiger partial charge on any atom is 0.289 e. The fourth-order valence-corrected chi connectivity index (χ4v) is 1.88. The SMILES string of the molecule is CNCCN(C)C(=O)c1cc2cccc(C)c2o1. The summed E-state index contributed by atoms with van der Waals surface area (Å²) in [6.45, 7) is 3.40. The second-order valence-electron chi connectivity index (χ2n) is 4.43. The van der Waals surface area contributed by atoms with Gasteiger partial charge in [0.15, 0.2) is 5.76 Å². The van der Waals surface area contributed by atoms with Crippen LogP contribution in [0, 0.1) is 6.92 Å². The summed E-state index contributed by atoms with van der Waals surface area (Å²) in [5.74, 6) is 0.318. The van der Waals surface area contributed by atoms with Gasteiger partial charge in [0.1, 0.15) is 5.58 Å². The Kier molecular flexibility index (Phi) is 3.67. The van der Waals surface area contributed by atoms with Gasteiger partial charge >= 0.3 is 0 Å². The molecule has 0 aliphatic heterocycles. The van der Waals surface area contributed by atoms with E-state index in [1.807, 2.05) is 32.2 Å². The number of para-hydroxylation sites is 1. The third-order valence-corrected chi connectivity index (χ3v) is 3.00. The number of hydrogen-bond donors (Lipinski definition) is 1. The van der Waals surface area contributed by atoms with Crippen LogP contribution in [-0.4, -0.2) is 38.0 Å². The zero-order chi connectivity index (χ0) is 13.1. The van der Waals surface area contributed by atoms with Crippen LogP contribution in [-0.2, 0) is 0 Å². The van der Waals surface area contributed by atoms with Gasteiger partial charge in [-0.15, -0.1) is 0 Å². The molecule has 0 saturated carbocycles. The number of benzene rings is 1. The first-order valence-electron chi connectivity index (χ1n) is 6.02. The van der Waals surface area contributed by atoms with Crippen LogP contribution >= 0.6 is 0 Å². The number of rotatable bonds is 4. The van der Waals surface area contributed by atoms with Crippen molar-refractivity contribution < 1.29 is 9.21 Å². The molecule has 4 nitrogen and oxygen atoms in total. The van der Waals surface area contributed by atoms with Crippen LogP contribution in [0.5, 0.6) is 0 Å². The van der Waals surface area contributed by atoms with Crippen molar-refractivity contribution in [1.82, 2.24) is 10.2 Å². The Morgan fingerprint density at radius 3 is 2.89 bits per heavy atom. The van der Waals surface area contributed by atoms with E-state index < -0.39 is 0 Å². The zero-order valence-electron chi connectivity index (χ0n) is 11.0. The van der Waals surface area contributed by atoms with Gasteiger partial charge < -0.3 is 14.6 Å². The third-order valence-electron chi connectivity index (χ3n) is 3.00. The number of carbonyl (C=O) groups is 1. The van der Waals surface area contributed by atoms with Crippen molar-refractivity contribution in [2.45, 2.75) is 6.92 Å². The lowest BCUT2D eigenvalue weighted by molar-refractivity contribution is 0.0768. The quantitative estimate of drug-likeness (QED) is 0.897. The van der Waals surface area contributed by atoms with Crippen molar-refractivity contribution in [2.75, 3.05) is 27.2 Å². The molecule has 96 valence electrons. The van der Waals surface area contributed by atoms with Gasteiger partial charge in [-0.3, -0.25) is 4.79 Å². The number of hydrogen-bond acceptors (Lipinski definition) is 3. The van der Waals surface area contributed by atoms with Crippen LogP contribution in [0.4, 0.5) is 0 Å². The molecule has 1 heterocycles. The lowest BCUT2D eigenvalue weighted by Gasteiger charge is -2.14. The Bertz CT molecular complexity index is 560. The van der Waals surface area contributed by atoms with Gasteiger partial charge in [-0.25, -0.2) is 0 Å². The summed E-state index contributed by atoms with van der Waals surface area (Å²) in [6.07, 6.45) is 0. The van der Waals surface area contributed by atoms with Gasteiger partial charge in [0, 0.05) is 25.5 Å². The third kappa shape index (κ3) is 2.38. The number of nitrogens with one attached hydrogen (secondary N) is 1. The predicted octanol–water partition coefficient (Wildman–Crippen LogP) is 2.03. The minimum atomic E-state index is -0.0825. The molecule has 0 fully saturated rings. The standard InChI is InChI=1S/C14H18N2O2/c1-10-5-4-6-11-9-12(18-13(10)11)14(17)16(3)8-7-15-2/h4-6,9,15H,7-8H2,1-3H3. The van der Waals surface area contributed by atoms with Gasteiger partial charge in [0.25, 0.3) is 5.91 Å². The Morgan fingerprint density at radius 1 is 1.44 bits per heavy atom. The molecule has 4 heteroatoms. The predicted molar refractivity (Wildman–Crippen MR) is 71.8 cm³/mol. The molecule has 0 atom stereocenters. The van der Waals surface area contributed by atoms with Gasteiger partial charge in [0.05, 0.1) is 0 Å². The fraction of sp³-hybridized carbons (Fsp3) is 0.357.